The summed E-state index contributed by atoms with van der Waals surface area (Å²) in [5.41, 5.74) is 1.66. The lowest BCUT2D eigenvalue weighted by atomic mass is 10.1. The molecule has 0 aromatic heterocycles. The Balaban J connectivity index is 1.67. The van der Waals surface area contributed by atoms with Crippen molar-refractivity contribution in [2.45, 2.75) is 45.5 Å². The van der Waals surface area contributed by atoms with Crippen LogP contribution in [0.4, 0.5) is 5.69 Å². The van der Waals surface area contributed by atoms with Crippen LogP contribution in [-0.2, 0) is 30.7 Å². The van der Waals surface area contributed by atoms with Gasteiger partial charge in [0.2, 0.25) is 10.0 Å². The third-order valence-electron chi connectivity index (χ3n) is 4.93. The molecule has 1 fully saturated rings. The number of benzene rings is 1. The van der Waals surface area contributed by atoms with E-state index in [0.717, 1.165) is 11.8 Å². The monoisotopic (exact) mass is 410 g/mol. The average molecular weight is 410 g/mol. The van der Waals surface area contributed by atoms with E-state index in [-0.39, 0.29) is 18.1 Å². The van der Waals surface area contributed by atoms with E-state index in [1.807, 2.05) is 13.8 Å². The fraction of sp³-hybridized carbons (Fsp3) is 0.579. The molecular formula is C19H26N2O6S. The molecule has 154 valence electrons. The van der Waals surface area contributed by atoms with Crippen LogP contribution in [0.3, 0.4) is 0 Å². The number of carbonyl (C=O) groups excluding carboxylic acids is 2. The molecule has 2 aliphatic rings. The van der Waals surface area contributed by atoms with Crippen LogP contribution in [0.15, 0.2) is 18.2 Å². The van der Waals surface area contributed by atoms with Crippen molar-refractivity contribution < 1.29 is 27.5 Å². The van der Waals surface area contributed by atoms with Crippen LogP contribution in [0.25, 0.3) is 0 Å². The number of ether oxygens (including phenoxy) is 2. The highest BCUT2D eigenvalue weighted by molar-refractivity contribution is 7.92. The highest BCUT2D eigenvalue weighted by Gasteiger charge is 2.31. The van der Waals surface area contributed by atoms with Crippen molar-refractivity contribution in [2.75, 3.05) is 30.2 Å². The molecule has 2 aliphatic heterocycles. The molecule has 3 atom stereocenters. The number of sulfonamides is 1. The van der Waals surface area contributed by atoms with Gasteiger partial charge in [0.25, 0.3) is 5.91 Å². The van der Waals surface area contributed by atoms with Crippen LogP contribution in [0.1, 0.15) is 36.7 Å². The summed E-state index contributed by atoms with van der Waals surface area (Å²) in [6.07, 6.45) is 0.646. The van der Waals surface area contributed by atoms with Crippen molar-refractivity contribution in [1.29, 1.82) is 0 Å². The zero-order chi connectivity index (χ0) is 20.6. The van der Waals surface area contributed by atoms with E-state index in [1.165, 1.54) is 10.4 Å². The van der Waals surface area contributed by atoms with Crippen molar-refractivity contribution in [3.8, 4) is 0 Å². The fourth-order valence-corrected chi connectivity index (χ4v) is 4.70. The van der Waals surface area contributed by atoms with Gasteiger partial charge >= 0.3 is 5.97 Å². The number of hydrogen-bond acceptors (Lipinski definition) is 6. The van der Waals surface area contributed by atoms with E-state index in [4.69, 9.17) is 9.47 Å². The van der Waals surface area contributed by atoms with Crippen LogP contribution in [0.2, 0.25) is 0 Å². The first-order valence-electron chi connectivity index (χ1n) is 9.32. The molecule has 0 spiro atoms. The van der Waals surface area contributed by atoms with Gasteiger partial charge in [0, 0.05) is 19.6 Å². The minimum atomic E-state index is -3.34. The molecule has 0 N–H and O–H groups in total. The Morgan fingerprint density at radius 2 is 1.86 bits per heavy atom. The van der Waals surface area contributed by atoms with E-state index >= 15 is 0 Å². The maximum absolute atomic E-state index is 12.6. The maximum atomic E-state index is 12.6. The molecule has 3 unspecified atom stereocenters. The number of fused-ring (bicyclic) bond motifs is 1. The number of amides is 1. The minimum Gasteiger partial charge on any atom is -0.449 e. The number of anilines is 1. The van der Waals surface area contributed by atoms with Crippen LogP contribution in [-0.4, -0.2) is 69.4 Å². The first-order chi connectivity index (χ1) is 13.1. The second kappa shape index (κ2) is 7.71. The Hall–Kier alpha value is -2.13. The molecule has 3 rings (SSSR count). The number of esters is 1. The smallest absolute Gasteiger partial charge is 0.338 e. The van der Waals surface area contributed by atoms with Gasteiger partial charge in [-0.2, -0.15) is 0 Å². The molecule has 28 heavy (non-hydrogen) atoms. The van der Waals surface area contributed by atoms with E-state index in [1.54, 1.807) is 24.0 Å². The second-order valence-corrected chi connectivity index (χ2v) is 9.38. The summed E-state index contributed by atoms with van der Waals surface area (Å²) in [6, 6.07) is 4.78. The zero-order valence-corrected chi connectivity index (χ0v) is 17.4. The number of hydrogen-bond donors (Lipinski definition) is 0. The van der Waals surface area contributed by atoms with Crippen LogP contribution >= 0.6 is 0 Å². The van der Waals surface area contributed by atoms with Crippen LogP contribution < -0.4 is 4.31 Å². The Morgan fingerprint density at radius 3 is 2.46 bits per heavy atom. The quantitative estimate of drug-likeness (QED) is 0.693. The fourth-order valence-electron chi connectivity index (χ4n) is 3.74. The molecule has 0 bridgehead atoms. The maximum Gasteiger partial charge on any atom is 0.338 e. The lowest BCUT2D eigenvalue weighted by Gasteiger charge is -2.36. The molecule has 2 heterocycles. The first kappa shape index (κ1) is 20.6. The molecule has 1 amide bonds. The minimum absolute atomic E-state index is 0.0647. The second-order valence-electron chi connectivity index (χ2n) is 7.48. The van der Waals surface area contributed by atoms with Gasteiger partial charge in [-0.15, -0.1) is 0 Å². The zero-order valence-electron chi connectivity index (χ0n) is 16.5. The van der Waals surface area contributed by atoms with Crippen LogP contribution in [0.5, 0.6) is 0 Å². The summed E-state index contributed by atoms with van der Waals surface area (Å²) in [4.78, 5) is 26.8. The molecule has 0 saturated carbocycles. The van der Waals surface area contributed by atoms with Gasteiger partial charge in [0.05, 0.1) is 29.7 Å². The lowest BCUT2D eigenvalue weighted by Crippen LogP contribution is -2.51. The third kappa shape index (κ3) is 4.30. The summed E-state index contributed by atoms with van der Waals surface area (Å²) in [5.74, 6) is -0.851. The molecule has 9 heteroatoms. The predicted molar refractivity (Wildman–Crippen MR) is 104 cm³/mol. The van der Waals surface area contributed by atoms with E-state index in [9.17, 15) is 18.0 Å². The van der Waals surface area contributed by atoms with Gasteiger partial charge in [0.1, 0.15) is 0 Å². The predicted octanol–water partition coefficient (Wildman–Crippen LogP) is 1.19. The number of nitrogens with zero attached hydrogens (tertiary/aromatic N) is 2. The topological polar surface area (TPSA) is 93.2 Å². The van der Waals surface area contributed by atoms with Gasteiger partial charge in [-0.05, 0) is 51.0 Å². The van der Waals surface area contributed by atoms with Gasteiger partial charge in [-0.3, -0.25) is 9.10 Å². The van der Waals surface area contributed by atoms with Gasteiger partial charge in [-0.25, -0.2) is 13.2 Å². The normalized spacial score (nSPS) is 23.3. The summed E-state index contributed by atoms with van der Waals surface area (Å²) in [5, 5.41) is 0. The Kier molecular flexibility index (Phi) is 5.67. The summed E-state index contributed by atoms with van der Waals surface area (Å²) < 4.78 is 36.0. The molecule has 1 aromatic rings. The van der Waals surface area contributed by atoms with Crippen LogP contribution in [0, 0.1) is 0 Å². The SMILES string of the molecule is CC1CN(C(=O)C(C)OC(=O)c2ccc3c(c2)CCN3S(C)(=O)=O)CC(C)O1. The lowest BCUT2D eigenvalue weighted by molar-refractivity contribution is -0.151. The summed E-state index contributed by atoms with van der Waals surface area (Å²) >= 11 is 0. The Labute approximate surface area is 165 Å². The molecule has 0 radical (unpaired) electrons. The van der Waals surface area contributed by atoms with Crippen molar-refractivity contribution >= 4 is 27.6 Å². The summed E-state index contributed by atoms with van der Waals surface area (Å²) in [7, 11) is -3.34. The average Bonchev–Trinajstić information content (AvgIpc) is 3.03. The van der Waals surface area contributed by atoms with Gasteiger partial charge in [-0.1, -0.05) is 0 Å². The molecular weight excluding hydrogens is 384 g/mol. The Morgan fingerprint density at radius 1 is 1.21 bits per heavy atom. The highest BCUT2D eigenvalue weighted by atomic mass is 32.2. The Bertz CT molecular complexity index is 874. The highest BCUT2D eigenvalue weighted by Crippen LogP contribution is 2.31. The van der Waals surface area contributed by atoms with E-state index < -0.39 is 22.1 Å². The largest absolute Gasteiger partial charge is 0.449 e. The van der Waals surface area contributed by atoms with Crippen molar-refractivity contribution in [3.63, 3.8) is 0 Å². The van der Waals surface area contributed by atoms with E-state index in [0.29, 0.717) is 37.3 Å². The number of rotatable bonds is 4. The van der Waals surface area contributed by atoms with Gasteiger partial charge < -0.3 is 14.4 Å². The molecule has 8 nitrogen and oxygen atoms in total. The first-order valence-corrected chi connectivity index (χ1v) is 11.2. The summed E-state index contributed by atoms with van der Waals surface area (Å²) in [6.45, 7) is 6.64. The molecule has 0 aliphatic carbocycles. The van der Waals surface area contributed by atoms with Crippen molar-refractivity contribution in [2.24, 2.45) is 0 Å². The standard InChI is InChI=1S/C19H26N2O6S/c1-12-10-20(11-13(2)26-12)18(22)14(3)27-19(23)16-5-6-17-15(9-16)7-8-21(17)28(4,24)25/h5-6,9,12-14H,7-8,10-11H2,1-4H3. The molecule has 1 aromatic carbocycles. The number of morpholine rings is 1. The molecule has 1 saturated heterocycles. The number of carbonyl (C=O) groups is 2. The van der Waals surface area contributed by atoms with Crippen molar-refractivity contribution in [1.82, 2.24) is 4.90 Å². The van der Waals surface area contributed by atoms with Gasteiger partial charge in [0.15, 0.2) is 6.10 Å². The van der Waals surface area contributed by atoms with Crippen molar-refractivity contribution in [3.05, 3.63) is 29.3 Å². The third-order valence-corrected chi connectivity index (χ3v) is 6.11. The van der Waals surface area contributed by atoms with E-state index in [2.05, 4.69) is 0 Å².